The molecule has 0 atom stereocenters. The van der Waals surface area contributed by atoms with E-state index >= 15 is 0 Å². The van der Waals surface area contributed by atoms with Crippen LogP contribution in [0.1, 0.15) is 11.1 Å². The van der Waals surface area contributed by atoms with Crippen molar-refractivity contribution in [3.8, 4) is 11.1 Å². The zero-order chi connectivity index (χ0) is 14.5. The molecule has 2 aromatic rings. The summed E-state index contributed by atoms with van der Waals surface area (Å²) in [7, 11) is 0. The van der Waals surface area contributed by atoms with E-state index in [4.69, 9.17) is 0 Å². The van der Waals surface area contributed by atoms with Gasteiger partial charge in [-0.25, -0.2) is 9.59 Å². The van der Waals surface area contributed by atoms with E-state index in [0.29, 0.717) is 11.4 Å². The summed E-state index contributed by atoms with van der Waals surface area (Å²) in [6, 6.07) is 11.0. The van der Waals surface area contributed by atoms with Gasteiger partial charge in [0.2, 0.25) is 12.2 Å². The molecule has 0 amide bonds. The number of carbonyl (C=O) groups excluding carboxylic acids is 2. The molecule has 0 aromatic heterocycles. The van der Waals surface area contributed by atoms with Gasteiger partial charge in [0.1, 0.15) is 0 Å². The molecule has 0 heterocycles. The van der Waals surface area contributed by atoms with Gasteiger partial charge in [0.15, 0.2) is 0 Å². The van der Waals surface area contributed by atoms with Crippen molar-refractivity contribution in [1.82, 2.24) is 0 Å². The lowest BCUT2D eigenvalue weighted by molar-refractivity contribution is 0.564. The van der Waals surface area contributed by atoms with E-state index in [0.717, 1.165) is 22.3 Å². The summed E-state index contributed by atoms with van der Waals surface area (Å²) in [6.07, 6.45) is 3.10. The minimum absolute atomic E-state index is 0.535. The van der Waals surface area contributed by atoms with Gasteiger partial charge in [0.05, 0.1) is 11.4 Å². The van der Waals surface area contributed by atoms with Crippen molar-refractivity contribution in [2.45, 2.75) is 13.8 Å². The molecule has 0 bridgehead atoms. The van der Waals surface area contributed by atoms with E-state index in [-0.39, 0.29) is 0 Å². The van der Waals surface area contributed by atoms with E-state index < -0.39 is 0 Å². The molecule has 2 aromatic carbocycles. The highest BCUT2D eigenvalue weighted by Crippen LogP contribution is 2.35. The second-order valence-electron chi connectivity index (χ2n) is 4.36. The van der Waals surface area contributed by atoms with E-state index in [1.54, 1.807) is 18.2 Å². The van der Waals surface area contributed by atoms with E-state index in [9.17, 15) is 9.59 Å². The average molecular weight is 264 g/mol. The van der Waals surface area contributed by atoms with E-state index in [2.05, 4.69) is 9.98 Å². The van der Waals surface area contributed by atoms with Gasteiger partial charge < -0.3 is 0 Å². The fourth-order valence-electron chi connectivity index (χ4n) is 1.99. The third kappa shape index (κ3) is 2.62. The maximum Gasteiger partial charge on any atom is 0.240 e. The molecule has 0 N–H and O–H groups in total. The molecule has 0 radical (unpaired) electrons. The first-order chi connectivity index (χ1) is 9.67. The monoisotopic (exact) mass is 264 g/mol. The molecule has 0 fully saturated rings. The number of aliphatic imine (C=N–C) groups is 2. The Morgan fingerprint density at radius 1 is 0.850 bits per heavy atom. The zero-order valence-electron chi connectivity index (χ0n) is 11.2. The van der Waals surface area contributed by atoms with Crippen LogP contribution >= 0.6 is 0 Å². The second-order valence-corrected chi connectivity index (χ2v) is 4.36. The van der Waals surface area contributed by atoms with Gasteiger partial charge in [-0.15, -0.1) is 0 Å². The van der Waals surface area contributed by atoms with Crippen molar-refractivity contribution in [1.29, 1.82) is 0 Å². The highest BCUT2D eigenvalue weighted by atomic mass is 16.1. The first-order valence-corrected chi connectivity index (χ1v) is 6.03. The molecule has 0 spiro atoms. The van der Waals surface area contributed by atoms with Gasteiger partial charge in [-0.2, -0.15) is 9.98 Å². The summed E-state index contributed by atoms with van der Waals surface area (Å²) >= 11 is 0. The Bertz CT molecular complexity index is 736. The number of hydrogen-bond donors (Lipinski definition) is 0. The van der Waals surface area contributed by atoms with Crippen LogP contribution in [0.3, 0.4) is 0 Å². The fourth-order valence-corrected chi connectivity index (χ4v) is 1.99. The van der Waals surface area contributed by atoms with Crippen LogP contribution in [0.2, 0.25) is 0 Å². The topological polar surface area (TPSA) is 58.9 Å². The maximum absolute atomic E-state index is 10.6. The maximum atomic E-state index is 10.6. The van der Waals surface area contributed by atoms with Gasteiger partial charge in [0.25, 0.3) is 0 Å². The highest BCUT2D eigenvalue weighted by Gasteiger charge is 2.09. The molecular formula is C16H12N2O2. The smallest absolute Gasteiger partial charge is 0.211 e. The van der Waals surface area contributed by atoms with Crippen molar-refractivity contribution in [2.24, 2.45) is 9.98 Å². The van der Waals surface area contributed by atoms with Crippen LogP contribution in [-0.2, 0) is 9.59 Å². The molecule has 4 nitrogen and oxygen atoms in total. The van der Waals surface area contributed by atoms with Crippen LogP contribution in [0.4, 0.5) is 11.4 Å². The van der Waals surface area contributed by atoms with Crippen LogP contribution in [-0.4, -0.2) is 12.2 Å². The molecule has 0 aliphatic rings. The van der Waals surface area contributed by atoms with Gasteiger partial charge in [0, 0.05) is 5.56 Å². The second kappa shape index (κ2) is 5.89. The Kier molecular flexibility index (Phi) is 4.02. The molecule has 2 rings (SSSR count). The lowest BCUT2D eigenvalue weighted by Crippen LogP contribution is -1.86. The van der Waals surface area contributed by atoms with Crippen molar-refractivity contribution in [3.05, 3.63) is 47.5 Å². The van der Waals surface area contributed by atoms with E-state index in [1.807, 2.05) is 38.1 Å². The van der Waals surface area contributed by atoms with Crippen LogP contribution in [0, 0.1) is 13.8 Å². The summed E-state index contributed by atoms with van der Waals surface area (Å²) in [4.78, 5) is 28.2. The van der Waals surface area contributed by atoms with Gasteiger partial charge >= 0.3 is 0 Å². The molecule has 0 saturated carbocycles. The molecule has 0 aliphatic carbocycles. The number of nitrogens with zero attached hydrogens (tertiary/aromatic N) is 2. The molecule has 0 unspecified atom stereocenters. The van der Waals surface area contributed by atoms with Crippen molar-refractivity contribution < 1.29 is 9.59 Å². The van der Waals surface area contributed by atoms with Crippen molar-refractivity contribution in [2.75, 3.05) is 0 Å². The Balaban J connectivity index is 2.60. The summed E-state index contributed by atoms with van der Waals surface area (Å²) in [6.45, 7) is 3.88. The molecular weight excluding hydrogens is 252 g/mol. The Labute approximate surface area is 116 Å². The Hall–Kier alpha value is -2.80. The molecule has 0 aliphatic heterocycles. The fraction of sp³-hybridized carbons (Fsp3) is 0.125. The van der Waals surface area contributed by atoms with Crippen molar-refractivity contribution >= 4 is 23.5 Å². The summed E-state index contributed by atoms with van der Waals surface area (Å²) in [5.74, 6) is 0. The summed E-state index contributed by atoms with van der Waals surface area (Å²) < 4.78 is 0. The van der Waals surface area contributed by atoms with Crippen LogP contribution in [0.25, 0.3) is 11.1 Å². The first-order valence-electron chi connectivity index (χ1n) is 6.03. The minimum atomic E-state index is 0.535. The predicted molar refractivity (Wildman–Crippen MR) is 76.9 cm³/mol. The Morgan fingerprint density at radius 3 is 2.10 bits per heavy atom. The number of aryl methyl sites for hydroxylation is 1. The molecule has 20 heavy (non-hydrogen) atoms. The average Bonchev–Trinajstić information content (AvgIpc) is 2.46. The van der Waals surface area contributed by atoms with Crippen molar-refractivity contribution in [3.63, 3.8) is 0 Å². The van der Waals surface area contributed by atoms with Gasteiger partial charge in [-0.1, -0.05) is 24.3 Å². The minimum Gasteiger partial charge on any atom is -0.211 e. The summed E-state index contributed by atoms with van der Waals surface area (Å²) in [5.41, 5.74) is 4.90. The zero-order valence-corrected chi connectivity index (χ0v) is 11.2. The number of isocyanates is 2. The van der Waals surface area contributed by atoms with Gasteiger partial charge in [-0.05, 0) is 42.7 Å². The third-order valence-corrected chi connectivity index (χ3v) is 3.21. The highest BCUT2D eigenvalue weighted by molar-refractivity contribution is 5.81. The van der Waals surface area contributed by atoms with Crippen LogP contribution in [0.5, 0.6) is 0 Å². The first kappa shape index (κ1) is 13.6. The van der Waals surface area contributed by atoms with E-state index in [1.165, 1.54) is 6.08 Å². The molecule has 4 heteroatoms. The SMILES string of the molecule is Cc1ccc(-c2ccc(N=C=O)cc2)c(N=C=O)c1C. The lowest BCUT2D eigenvalue weighted by Gasteiger charge is -2.10. The Morgan fingerprint density at radius 2 is 1.50 bits per heavy atom. The summed E-state index contributed by atoms with van der Waals surface area (Å²) in [5, 5.41) is 0. The van der Waals surface area contributed by atoms with Gasteiger partial charge in [-0.3, -0.25) is 0 Å². The largest absolute Gasteiger partial charge is 0.240 e. The normalized spacial score (nSPS) is 9.50. The number of hydrogen-bond acceptors (Lipinski definition) is 4. The third-order valence-electron chi connectivity index (χ3n) is 3.21. The van der Waals surface area contributed by atoms with Crippen LogP contribution in [0.15, 0.2) is 46.4 Å². The molecule has 0 saturated heterocycles. The standard InChI is InChI=1S/C16H12N2O2/c1-11-3-8-15(16(12(11)2)18-10-20)13-4-6-14(7-5-13)17-9-19/h3-8H,1-2H3. The quantitative estimate of drug-likeness (QED) is 0.623. The number of rotatable bonds is 3. The lowest BCUT2D eigenvalue weighted by atomic mass is 9.97. The number of benzene rings is 2. The van der Waals surface area contributed by atoms with Crippen LogP contribution < -0.4 is 0 Å². The predicted octanol–water partition coefficient (Wildman–Crippen LogP) is 3.91. The molecule has 98 valence electrons.